The van der Waals surface area contributed by atoms with E-state index in [1.165, 1.54) is 0 Å². The van der Waals surface area contributed by atoms with Crippen molar-refractivity contribution in [2.45, 2.75) is 32.5 Å². The van der Waals surface area contributed by atoms with E-state index in [9.17, 15) is 4.79 Å². The van der Waals surface area contributed by atoms with Gasteiger partial charge in [0.05, 0.1) is 19.4 Å². The molecule has 1 N–H and O–H groups in total. The third kappa shape index (κ3) is 4.22. The predicted octanol–water partition coefficient (Wildman–Crippen LogP) is 4.10. The van der Waals surface area contributed by atoms with Crippen LogP contribution in [0.5, 0.6) is 5.75 Å². The summed E-state index contributed by atoms with van der Waals surface area (Å²) in [6.07, 6.45) is 0.958. The summed E-state index contributed by atoms with van der Waals surface area (Å²) in [5.74, 6) is 1.91. The minimum atomic E-state index is -0.339. The molecule has 1 fully saturated rings. The number of para-hydroxylation sites is 1. The lowest BCUT2D eigenvalue weighted by atomic mass is 10.2. The van der Waals surface area contributed by atoms with Gasteiger partial charge in [-0.3, -0.25) is 0 Å². The third-order valence-electron chi connectivity index (χ3n) is 4.62. The van der Waals surface area contributed by atoms with Crippen LogP contribution in [0.25, 0.3) is 10.9 Å². The average Bonchev–Trinajstić information content (AvgIpc) is 3.34. The molecule has 1 aromatic carbocycles. The summed E-state index contributed by atoms with van der Waals surface area (Å²) in [4.78, 5) is 22.2. The highest BCUT2D eigenvalue weighted by molar-refractivity contribution is 6.29. The zero-order valence-electron chi connectivity index (χ0n) is 16.1. The number of amides is 1. The van der Waals surface area contributed by atoms with E-state index in [2.05, 4.69) is 15.3 Å². The molecule has 0 aliphatic carbocycles. The lowest BCUT2D eigenvalue weighted by Crippen LogP contribution is -2.32. The number of carbonyl (C=O) groups is 1. The maximum atomic E-state index is 11.9. The molecule has 1 aliphatic rings. The van der Waals surface area contributed by atoms with Crippen LogP contribution in [0.3, 0.4) is 0 Å². The van der Waals surface area contributed by atoms with Crippen LogP contribution < -0.4 is 10.1 Å². The van der Waals surface area contributed by atoms with Gasteiger partial charge in [-0.15, -0.1) is 0 Å². The Morgan fingerprint density at radius 2 is 2.17 bits per heavy atom. The molecule has 0 spiro atoms. The van der Waals surface area contributed by atoms with Crippen molar-refractivity contribution in [3.63, 3.8) is 0 Å². The van der Waals surface area contributed by atoms with Gasteiger partial charge in [-0.05, 0) is 49.7 Å². The van der Waals surface area contributed by atoms with Crippen LogP contribution in [0, 0.1) is 0 Å². The normalized spacial score (nSPS) is 16.5. The first-order valence-corrected chi connectivity index (χ1v) is 9.71. The number of halogens is 1. The molecule has 2 aromatic heterocycles. The second-order valence-electron chi connectivity index (χ2n) is 6.99. The van der Waals surface area contributed by atoms with Gasteiger partial charge in [0.1, 0.15) is 29.5 Å². The Labute approximate surface area is 172 Å². The molecule has 1 saturated heterocycles. The Kier molecular flexibility index (Phi) is 5.44. The van der Waals surface area contributed by atoms with E-state index in [1.807, 2.05) is 38.1 Å². The highest BCUT2D eigenvalue weighted by Gasteiger charge is 2.33. The molecule has 1 atom stereocenters. The molecule has 1 unspecified atom stereocenters. The van der Waals surface area contributed by atoms with Crippen LogP contribution in [-0.4, -0.2) is 46.3 Å². The topological polar surface area (TPSA) is 89.7 Å². The Morgan fingerprint density at radius 1 is 1.31 bits per heavy atom. The summed E-state index contributed by atoms with van der Waals surface area (Å²) >= 11 is 6.14. The Bertz CT molecular complexity index is 1010. The quantitative estimate of drug-likeness (QED) is 0.580. The second kappa shape index (κ2) is 8.16. The number of fused-ring (bicyclic) bond motifs is 1. The van der Waals surface area contributed by atoms with Crippen LogP contribution in [-0.2, 0) is 11.3 Å². The van der Waals surface area contributed by atoms with Gasteiger partial charge in [-0.1, -0.05) is 6.07 Å². The van der Waals surface area contributed by atoms with Gasteiger partial charge in [0.2, 0.25) is 5.28 Å². The molecule has 8 nitrogen and oxygen atoms in total. The summed E-state index contributed by atoms with van der Waals surface area (Å²) in [5.41, 5.74) is 0.583. The van der Waals surface area contributed by atoms with Crippen molar-refractivity contribution < 1.29 is 18.7 Å². The first-order valence-electron chi connectivity index (χ1n) is 9.34. The molecule has 9 heteroatoms. The number of hydrogen-bond donors (Lipinski definition) is 1. The van der Waals surface area contributed by atoms with Crippen LogP contribution >= 0.6 is 11.6 Å². The van der Waals surface area contributed by atoms with Crippen LogP contribution in [0.4, 0.5) is 10.6 Å². The highest BCUT2D eigenvalue weighted by atomic mass is 35.5. The van der Waals surface area contributed by atoms with Crippen molar-refractivity contribution in [1.29, 1.82) is 0 Å². The fourth-order valence-corrected chi connectivity index (χ4v) is 3.34. The van der Waals surface area contributed by atoms with Crippen molar-refractivity contribution in [3.8, 4) is 5.75 Å². The number of rotatable bonds is 7. The molecule has 1 aliphatic heterocycles. The number of aromatic nitrogens is 2. The molecule has 0 radical (unpaired) electrons. The second-order valence-corrected chi connectivity index (χ2v) is 7.33. The number of nitrogens with zero attached hydrogens (tertiary/aromatic N) is 3. The highest BCUT2D eigenvalue weighted by Crippen LogP contribution is 2.30. The van der Waals surface area contributed by atoms with E-state index in [4.69, 9.17) is 25.5 Å². The minimum Gasteiger partial charge on any atom is -0.487 e. The van der Waals surface area contributed by atoms with Crippen LogP contribution in [0.15, 0.2) is 41.0 Å². The number of benzene rings is 1. The SMILES string of the molecule is CC(C)N1CC(COc2cccc3c(NCc4ccco4)nc(Cl)nc23)OC1=O. The molecule has 29 heavy (non-hydrogen) atoms. The lowest BCUT2D eigenvalue weighted by Gasteiger charge is -2.17. The number of carbonyl (C=O) groups excluding carboxylic acids is 1. The molecule has 1 amide bonds. The summed E-state index contributed by atoms with van der Waals surface area (Å²) in [6.45, 7) is 5.08. The van der Waals surface area contributed by atoms with Gasteiger partial charge in [-0.25, -0.2) is 14.8 Å². The van der Waals surface area contributed by atoms with Crippen molar-refractivity contribution in [2.75, 3.05) is 18.5 Å². The van der Waals surface area contributed by atoms with E-state index in [0.717, 1.165) is 11.1 Å². The number of anilines is 1. The Hall–Kier alpha value is -3.00. The van der Waals surface area contributed by atoms with E-state index in [1.54, 1.807) is 17.2 Å². The number of hydrogen-bond acceptors (Lipinski definition) is 7. The van der Waals surface area contributed by atoms with E-state index in [-0.39, 0.29) is 30.1 Å². The van der Waals surface area contributed by atoms with Crippen LogP contribution in [0.1, 0.15) is 19.6 Å². The van der Waals surface area contributed by atoms with E-state index >= 15 is 0 Å². The summed E-state index contributed by atoms with van der Waals surface area (Å²) in [6, 6.07) is 9.33. The van der Waals surface area contributed by atoms with Gasteiger partial charge in [0.15, 0.2) is 6.10 Å². The number of ether oxygens (including phenoxy) is 2. The molecule has 152 valence electrons. The van der Waals surface area contributed by atoms with Gasteiger partial charge in [0.25, 0.3) is 0 Å². The van der Waals surface area contributed by atoms with Gasteiger partial charge < -0.3 is 24.1 Å². The average molecular weight is 417 g/mol. The standard InChI is InChI=1S/C20H21ClN4O4/c1-12(2)25-10-14(29-20(25)26)11-28-16-7-3-6-15-17(16)23-19(21)24-18(15)22-9-13-5-4-8-27-13/h3-8,12,14H,9-11H2,1-2H3,(H,22,23,24). The zero-order valence-corrected chi connectivity index (χ0v) is 16.8. The largest absolute Gasteiger partial charge is 0.487 e. The predicted molar refractivity (Wildman–Crippen MR) is 108 cm³/mol. The van der Waals surface area contributed by atoms with Crippen molar-refractivity contribution in [1.82, 2.24) is 14.9 Å². The fraction of sp³-hybridized carbons (Fsp3) is 0.350. The maximum absolute atomic E-state index is 11.9. The van der Waals surface area contributed by atoms with Crippen molar-refractivity contribution in [3.05, 3.63) is 47.6 Å². The van der Waals surface area contributed by atoms with Gasteiger partial charge >= 0.3 is 6.09 Å². The van der Waals surface area contributed by atoms with Crippen molar-refractivity contribution >= 4 is 34.4 Å². The lowest BCUT2D eigenvalue weighted by molar-refractivity contribution is 0.102. The minimum absolute atomic E-state index is 0.0828. The molecule has 0 bridgehead atoms. The monoisotopic (exact) mass is 416 g/mol. The first kappa shape index (κ1) is 19.3. The van der Waals surface area contributed by atoms with E-state index < -0.39 is 0 Å². The summed E-state index contributed by atoms with van der Waals surface area (Å²) in [5, 5.41) is 4.09. The Morgan fingerprint density at radius 3 is 2.90 bits per heavy atom. The molecule has 4 rings (SSSR count). The van der Waals surface area contributed by atoms with Gasteiger partial charge in [-0.2, -0.15) is 0 Å². The summed E-state index contributed by atoms with van der Waals surface area (Å²) < 4.78 is 16.7. The number of nitrogens with one attached hydrogen (secondary N) is 1. The zero-order chi connectivity index (χ0) is 20.4. The van der Waals surface area contributed by atoms with Gasteiger partial charge in [0, 0.05) is 11.4 Å². The molecule has 0 saturated carbocycles. The Balaban J connectivity index is 1.52. The van der Waals surface area contributed by atoms with E-state index in [0.29, 0.717) is 30.2 Å². The molecular formula is C20H21ClN4O4. The van der Waals surface area contributed by atoms with Crippen LogP contribution in [0.2, 0.25) is 5.28 Å². The molecule has 3 heterocycles. The third-order valence-corrected chi connectivity index (χ3v) is 4.79. The number of furan rings is 1. The first-order chi connectivity index (χ1) is 14.0. The smallest absolute Gasteiger partial charge is 0.410 e. The summed E-state index contributed by atoms with van der Waals surface area (Å²) in [7, 11) is 0. The maximum Gasteiger partial charge on any atom is 0.410 e. The number of cyclic esters (lactones) is 1. The van der Waals surface area contributed by atoms with Crippen molar-refractivity contribution in [2.24, 2.45) is 0 Å². The molecule has 3 aromatic rings. The molecular weight excluding hydrogens is 396 g/mol. The fourth-order valence-electron chi connectivity index (χ4n) is 3.17.